The lowest BCUT2D eigenvalue weighted by Crippen LogP contribution is -2.04. The molecule has 0 spiro atoms. The quantitative estimate of drug-likeness (QED) is 0.501. The van der Waals surface area contributed by atoms with Crippen molar-refractivity contribution in [1.82, 2.24) is 0 Å². The Bertz CT molecular complexity index is 128. The van der Waals surface area contributed by atoms with E-state index in [0.717, 1.165) is 0 Å². The predicted molar refractivity (Wildman–Crippen MR) is 25.3 cm³/mol. The molecule has 0 N–H and O–H groups in total. The number of nitriles is 1. The summed E-state index contributed by atoms with van der Waals surface area (Å²) in [6.07, 6.45) is 2.79. The summed E-state index contributed by atoms with van der Waals surface area (Å²) in [6.45, 7) is 0. The second-order valence-electron chi connectivity index (χ2n) is 1.34. The fourth-order valence-electron chi connectivity index (χ4n) is 0.442. The van der Waals surface area contributed by atoms with Gasteiger partial charge in [-0.05, 0) is 0 Å². The van der Waals surface area contributed by atoms with E-state index in [9.17, 15) is 0 Å². The molecule has 0 atom stereocenters. The lowest BCUT2D eigenvalue weighted by atomic mass is 10.5. The normalized spacial score (nSPS) is 16.9. The van der Waals surface area contributed by atoms with Crippen molar-refractivity contribution >= 4 is 0 Å². The number of hydrogen-bond donors (Lipinski definition) is 0. The highest BCUT2D eigenvalue weighted by molar-refractivity contribution is 4.78. The van der Waals surface area contributed by atoms with Crippen LogP contribution in [0.5, 0.6) is 0 Å². The van der Waals surface area contributed by atoms with Crippen LogP contribution in [0.15, 0.2) is 12.5 Å². The van der Waals surface area contributed by atoms with E-state index >= 15 is 0 Å². The van der Waals surface area contributed by atoms with E-state index < -0.39 is 0 Å². The Balaban J connectivity index is 2.22. The molecule has 1 heterocycles. The highest BCUT2D eigenvalue weighted by Crippen LogP contribution is 2.06. The van der Waals surface area contributed by atoms with Crippen LogP contribution in [-0.2, 0) is 9.47 Å². The molecule has 0 saturated heterocycles. The average molecular weight is 111 g/mol. The molecule has 0 unspecified atom stereocenters. The van der Waals surface area contributed by atoms with Crippen LogP contribution in [0.1, 0.15) is 6.42 Å². The molecular weight excluding hydrogens is 106 g/mol. The van der Waals surface area contributed by atoms with Gasteiger partial charge in [-0.3, -0.25) is 0 Å². The van der Waals surface area contributed by atoms with Crippen LogP contribution in [0.25, 0.3) is 0 Å². The SMILES string of the molecule is N#CCC1OC=CO1. The number of nitrogens with zero attached hydrogens (tertiary/aromatic N) is 1. The molecule has 3 heteroatoms. The van der Waals surface area contributed by atoms with Gasteiger partial charge >= 0.3 is 0 Å². The molecular formula is C5H5NO2. The van der Waals surface area contributed by atoms with Crippen molar-refractivity contribution in [3.8, 4) is 6.07 Å². The lowest BCUT2D eigenvalue weighted by molar-refractivity contribution is -0.0175. The van der Waals surface area contributed by atoms with Crippen molar-refractivity contribution < 1.29 is 9.47 Å². The maximum atomic E-state index is 8.09. The van der Waals surface area contributed by atoms with Crippen LogP contribution < -0.4 is 0 Å². The first-order valence-electron chi connectivity index (χ1n) is 2.26. The van der Waals surface area contributed by atoms with Gasteiger partial charge in [-0.25, -0.2) is 0 Å². The molecule has 0 fully saturated rings. The van der Waals surface area contributed by atoms with Crippen LogP contribution in [0.2, 0.25) is 0 Å². The molecule has 1 aliphatic heterocycles. The zero-order valence-electron chi connectivity index (χ0n) is 4.20. The van der Waals surface area contributed by atoms with Gasteiger partial charge in [0.25, 0.3) is 6.29 Å². The van der Waals surface area contributed by atoms with Crippen molar-refractivity contribution in [2.75, 3.05) is 0 Å². The summed E-state index contributed by atoms with van der Waals surface area (Å²) in [5.41, 5.74) is 0. The summed E-state index contributed by atoms with van der Waals surface area (Å²) in [5.74, 6) is 0. The van der Waals surface area contributed by atoms with E-state index in [4.69, 9.17) is 14.7 Å². The summed E-state index contributed by atoms with van der Waals surface area (Å²) < 4.78 is 9.54. The molecule has 0 amide bonds. The van der Waals surface area contributed by atoms with E-state index in [1.54, 1.807) is 0 Å². The van der Waals surface area contributed by atoms with Gasteiger partial charge in [-0.1, -0.05) is 0 Å². The van der Waals surface area contributed by atoms with Gasteiger partial charge < -0.3 is 9.47 Å². The molecule has 0 bridgehead atoms. The molecule has 0 aliphatic carbocycles. The van der Waals surface area contributed by atoms with E-state index in [-0.39, 0.29) is 12.7 Å². The van der Waals surface area contributed by atoms with Crippen molar-refractivity contribution in [2.45, 2.75) is 12.7 Å². The largest absolute Gasteiger partial charge is 0.458 e. The monoisotopic (exact) mass is 111 g/mol. The Kier molecular flexibility index (Phi) is 1.38. The van der Waals surface area contributed by atoms with Gasteiger partial charge in [0, 0.05) is 0 Å². The highest BCUT2D eigenvalue weighted by Gasteiger charge is 2.09. The van der Waals surface area contributed by atoms with Gasteiger partial charge in [0.2, 0.25) is 0 Å². The molecule has 0 aromatic rings. The molecule has 0 radical (unpaired) electrons. The van der Waals surface area contributed by atoms with Crippen LogP contribution in [-0.4, -0.2) is 6.29 Å². The second-order valence-corrected chi connectivity index (χ2v) is 1.34. The minimum atomic E-state index is -0.361. The zero-order valence-corrected chi connectivity index (χ0v) is 4.20. The van der Waals surface area contributed by atoms with E-state index in [1.165, 1.54) is 12.5 Å². The molecule has 0 aromatic carbocycles. The van der Waals surface area contributed by atoms with Gasteiger partial charge in [0.15, 0.2) is 0 Å². The maximum Gasteiger partial charge on any atom is 0.252 e. The standard InChI is InChI=1S/C5H5NO2/c6-2-1-5-7-3-4-8-5/h3-5H,1H2. The predicted octanol–water partition coefficient (Wildman–Crippen LogP) is 0.744. The van der Waals surface area contributed by atoms with Crippen LogP contribution in [0.4, 0.5) is 0 Å². The molecule has 0 saturated carbocycles. The third kappa shape index (κ3) is 0.909. The molecule has 3 nitrogen and oxygen atoms in total. The number of hydrogen-bond acceptors (Lipinski definition) is 3. The summed E-state index contributed by atoms with van der Waals surface area (Å²) in [4.78, 5) is 0. The van der Waals surface area contributed by atoms with Crippen molar-refractivity contribution in [3.63, 3.8) is 0 Å². The highest BCUT2D eigenvalue weighted by atomic mass is 16.7. The molecule has 1 rings (SSSR count). The first kappa shape index (κ1) is 4.98. The summed E-state index contributed by atoms with van der Waals surface area (Å²) >= 11 is 0. The van der Waals surface area contributed by atoms with Crippen LogP contribution >= 0.6 is 0 Å². The lowest BCUT2D eigenvalue weighted by Gasteiger charge is -2.02. The van der Waals surface area contributed by atoms with Crippen molar-refractivity contribution in [3.05, 3.63) is 12.5 Å². The average Bonchev–Trinajstić information content (AvgIpc) is 2.19. The fourth-order valence-corrected chi connectivity index (χ4v) is 0.442. The Morgan fingerprint density at radius 2 is 2.12 bits per heavy atom. The summed E-state index contributed by atoms with van der Waals surface area (Å²) in [7, 11) is 0. The van der Waals surface area contributed by atoms with Gasteiger partial charge in [0.05, 0.1) is 6.07 Å². The van der Waals surface area contributed by atoms with E-state index in [0.29, 0.717) is 0 Å². The van der Waals surface area contributed by atoms with Crippen molar-refractivity contribution in [1.29, 1.82) is 5.26 Å². The number of ether oxygens (including phenoxy) is 2. The molecule has 42 valence electrons. The summed E-state index contributed by atoms with van der Waals surface area (Å²) in [6, 6.07) is 1.92. The third-order valence-electron chi connectivity index (χ3n) is 0.774. The van der Waals surface area contributed by atoms with Crippen molar-refractivity contribution in [2.24, 2.45) is 0 Å². The van der Waals surface area contributed by atoms with Gasteiger partial charge in [-0.15, -0.1) is 0 Å². The zero-order chi connectivity index (χ0) is 5.82. The Labute approximate surface area is 47.1 Å². The minimum absolute atomic E-state index is 0.285. The minimum Gasteiger partial charge on any atom is -0.458 e. The molecule has 1 aliphatic rings. The van der Waals surface area contributed by atoms with E-state index in [2.05, 4.69) is 0 Å². The maximum absolute atomic E-state index is 8.09. The van der Waals surface area contributed by atoms with Crippen LogP contribution in [0, 0.1) is 11.3 Å². The van der Waals surface area contributed by atoms with E-state index in [1.807, 2.05) is 6.07 Å². The number of rotatable bonds is 1. The Morgan fingerprint density at radius 1 is 1.50 bits per heavy atom. The first-order valence-corrected chi connectivity index (χ1v) is 2.26. The fraction of sp³-hybridized carbons (Fsp3) is 0.400. The first-order chi connectivity index (χ1) is 3.93. The second kappa shape index (κ2) is 2.22. The Morgan fingerprint density at radius 3 is 2.62 bits per heavy atom. The van der Waals surface area contributed by atoms with Gasteiger partial charge in [0.1, 0.15) is 18.9 Å². The molecule has 0 aromatic heterocycles. The topological polar surface area (TPSA) is 42.2 Å². The Hall–Kier alpha value is -1.17. The molecule has 8 heavy (non-hydrogen) atoms. The van der Waals surface area contributed by atoms with Crippen LogP contribution in [0.3, 0.4) is 0 Å². The summed E-state index contributed by atoms with van der Waals surface area (Å²) in [5, 5.41) is 8.09. The smallest absolute Gasteiger partial charge is 0.252 e. The third-order valence-corrected chi connectivity index (χ3v) is 0.774. The van der Waals surface area contributed by atoms with Gasteiger partial charge in [-0.2, -0.15) is 5.26 Å².